The maximum absolute atomic E-state index is 12.3. The number of anilines is 1. The van der Waals surface area contributed by atoms with Crippen LogP contribution in [-0.4, -0.2) is 39.5 Å². The maximum atomic E-state index is 12.3. The second-order valence-corrected chi connectivity index (χ2v) is 7.59. The fourth-order valence-electron chi connectivity index (χ4n) is 2.55. The molecule has 1 aromatic carbocycles. The van der Waals surface area contributed by atoms with Gasteiger partial charge < -0.3 is 10.6 Å². The zero-order chi connectivity index (χ0) is 15.5. The molecule has 1 heterocycles. The van der Waals surface area contributed by atoms with Gasteiger partial charge in [0.1, 0.15) is 0 Å². The van der Waals surface area contributed by atoms with Crippen LogP contribution in [0.1, 0.15) is 24.8 Å². The van der Waals surface area contributed by atoms with E-state index in [9.17, 15) is 8.42 Å². The first kappa shape index (κ1) is 16.5. The largest absolute Gasteiger partial charge is 0.398 e. The number of likely N-dealkylation sites (tertiary alicyclic amines) is 1. The lowest BCUT2D eigenvalue weighted by Gasteiger charge is -2.15. The molecule has 0 spiro atoms. The molecule has 0 saturated carbocycles. The number of nitrogens with zero attached hydrogens (tertiary/aromatic N) is 1. The van der Waals surface area contributed by atoms with E-state index in [2.05, 4.69) is 9.62 Å². The Kier molecular flexibility index (Phi) is 5.48. The summed E-state index contributed by atoms with van der Waals surface area (Å²) >= 11 is 5.90. The van der Waals surface area contributed by atoms with Gasteiger partial charge in [-0.1, -0.05) is 11.6 Å². The molecule has 0 radical (unpaired) electrons. The predicted molar refractivity (Wildman–Crippen MR) is 86.1 cm³/mol. The molecule has 1 fully saturated rings. The fourth-order valence-corrected chi connectivity index (χ4v) is 4.21. The standard InChI is InChI=1S/C14H22ClN3O2S/c1-11-13(16)9-12(15)10-14(11)21(19,20)17-5-4-8-18-6-2-3-7-18/h9-10,17H,2-8,16H2,1H3. The average molecular weight is 332 g/mol. The third-order valence-corrected chi connectivity index (χ3v) is 5.60. The van der Waals surface area contributed by atoms with Crippen molar-refractivity contribution in [3.63, 3.8) is 0 Å². The number of halogens is 1. The van der Waals surface area contributed by atoms with Crippen molar-refractivity contribution in [1.29, 1.82) is 0 Å². The summed E-state index contributed by atoms with van der Waals surface area (Å²) in [6, 6.07) is 3.00. The summed E-state index contributed by atoms with van der Waals surface area (Å²) in [5, 5.41) is 0.329. The minimum Gasteiger partial charge on any atom is -0.398 e. The second kappa shape index (κ2) is 6.96. The Morgan fingerprint density at radius 1 is 1.33 bits per heavy atom. The lowest BCUT2D eigenvalue weighted by atomic mass is 10.2. The summed E-state index contributed by atoms with van der Waals surface area (Å²) in [6.45, 7) is 5.28. The van der Waals surface area contributed by atoms with Crippen molar-refractivity contribution in [2.75, 3.05) is 31.9 Å². The van der Waals surface area contributed by atoms with E-state index in [0.717, 1.165) is 26.1 Å². The summed E-state index contributed by atoms with van der Waals surface area (Å²) in [4.78, 5) is 2.52. The molecule has 1 aliphatic heterocycles. The number of hydrogen-bond donors (Lipinski definition) is 2. The molecule has 5 nitrogen and oxygen atoms in total. The molecule has 1 saturated heterocycles. The van der Waals surface area contributed by atoms with Crippen LogP contribution >= 0.6 is 11.6 Å². The van der Waals surface area contributed by atoms with Crippen LogP contribution in [0, 0.1) is 6.92 Å². The average Bonchev–Trinajstić information content (AvgIpc) is 2.92. The number of benzene rings is 1. The molecule has 1 aromatic rings. The van der Waals surface area contributed by atoms with E-state index < -0.39 is 10.0 Å². The van der Waals surface area contributed by atoms with Crippen molar-refractivity contribution >= 4 is 27.3 Å². The van der Waals surface area contributed by atoms with E-state index in [0.29, 0.717) is 22.8 Å². The molecule has 2 rings (SSSR count). The van der Waals surface area contributed by atoms with Gasteiger partial charge in [0.05, 0.1) is 4.90 Å². The lowest BCUT2D eigenvalue weighted by Crippen LogP contribution is -2.29. The summed E-state index contributed by atoms with van der Waals surface area (Å²) < 4.78 is 27.3. The first-order chi connectivity index (χ1) is 9.90. The summed E-state index contributed by atoms with van der Waals surface area (Å²) in [5.41, 5.74) is 6.69. The Bertz CT molecular complexity index is 598. The van der Waals surface area contributed by atoms with Crippen LogP contribution in [0.25, 0.3) is 0 Å². The van der Waals surface area contributed by atoms with Crippen molar-refractivity contribution < 1.29 is 8.42 Å². The minimum atomic E-state index is -3.56. The zero-order valence-corrected chi connectivity index (χ0v) is 13.8. The maximum Gasteiger partial charge on any atom is 0.240 e. The van der Waals surface area contributed by atoms with Crippen molar-refractivity contribution in [3.05, 3.63) is 22.7 Å². The van der Waals surface area contributed by atoms with E-state index in [1.54, 1.807) is 13.0 Å². The minimum absolute atomic E-state index is 0.161. The van der Waals surface area contributed by atoms with Gasteiger partial charge in [0.15, 0.2) is 0 Å². The molecule has 0 bridgehead atoms. The lowest BCUT2D eigenvalue weighted by molar-refractivity contribution is 0.334. The molecule has 3 N–H and O–H groups in total. The number of sulfonamides is 1. The molecule has 21 heavy (non-hydrogen) atoms. The van der Waals surface area contributed by atoms with Gasteiger partial charge >= 0.3 is 0 Å². The van der Waals surface area contributed by atoms with Gasteiger partial charge in [0, 0.05) is 17.3 Å². The highest BCUT2D eigenvalue weighted by molar-refractivity contribution is 7.89. The second-order valence-electron chi connectivity index (χ2n) is 5.42. The SMILES string of the molecule is Cc1c(N)cc(Cl)cc1S(=O)(=O)NCCCN1CCCC1. The quantitative estimate of drug-likeness (QED) is 0.617. The van der Waals surface area contributed by atoms with E-state index in [-0.39, 0.29) is 4.90 Å². The summed E-state index contributed by atoms with van der Waals surface area (Å²) in [5.74, 6) is 0. The molecule has 0 aliphatic carbocycles. The third kappa shape index (κ3) is 4.32. The Morgan fingerprint density at radius 3 is 2.67 bits per heavy atom. The van der Waals surface area contributed by atoms with Crippen molar-refractivity contribution in [3.8, 4) is 0 Å². The zero-order valence-electron chi connectivity index (χ0n) is 12.2. The van der Waals surface area contributed by atoms with E-state index in [1.807, 2.05) is 0 Å². The number of nitrogens with two attached hydrogens (primary N) is 1. The van der Waals surface area contributed by atoms with Gasteiger partial charge in [0.2, 0.25) is 10.0 Å². The van der Waals surface area contributed by atoms with E-state index >= 15 is 0 Å². The first-order valence-corrected chi connectivity index (χ1v) is 9.04. The Balaban J connectivity index is 1.95. The molecule has 0 aromatic heterocycles. The molecule has 0 unspecified atom stereocenters. The van der Waals surface area contributed by atoms with Crippen LogP contribution in [0.15, 0.2) is 17.0 Å². The van der Waals surface area contributed by atoms with Gasteiger partial charge in [-0.15, -0.1) is 0 Å². The van der Waals surface area contributed by atoms with Gasteiger partial charge in [0.25, 0.3) is 0 Å². The number of nitrogen functional groups attached to an aromatic ring is 1. The summed E-state index contributed by atoms with van der Waals surface area (Å²) in [6.07, 6.45) is 3.29. The Labute approximate surface area is 131 Å². The van der Waals surface area contributed by atoms with Crippen molar-refractivity contribution in [2.45, 2.75) is 31.1 Å². The Morgan fingerprint density at radius 2 is 2.00 bits per heavy atom. The highest BCUT2D eigenvalue weighted by Crippen LogP contribution is 2.25. The molecule has 0 amide bonds. The predicted octanol–water partition coefficient (Wildman–Crippen LogP) is 1.99. The first-order valence-electron chi connectivity index (χ1n) is 7.18. The normalized spacial score (nSPS) is 16.5. The molecular weight excluding hydrogens is 310 g/mol. The molecular formula is C14H22ClN3O2S. The van der Waals surface area contributed by atoms with Crippen LogP contribution in [-0.2, 0) is 10.0 Å². The van der Waals surface area contributed by atoms with E-state index in [1.165, 1.54) is 18.9 Å². The topological polar surface area (TPSA) is 75.4 Å². The van der Waals surface area contributed by atoms with Crippen LogP contribution in [0.2, 0.25) is 5.02 Å². The van der Waals surface area contributed by atoms with Gasteiger partial charge in [-0.25, -0.2) is 13.1 Å². The molecule has 7 heteroatoms. The third-order valence-electron chi connectivity index (χ3n) is 3.80. The molecule has 0 atom stereocenters. The van der Waals surface area contributed by atoms with Gasteiger partial charge in [-0.05, 0) is 63.5 Å². The van der Waals surface area contributed by atoms with Crippen LogP contribution < -0.4 is 10.5 Å². The van der Waals surface area contributed by atoms with Crippen LogP contribution in [0.3, 0.4) is 0 Å². The summed E-state index contributed by atoms with van der Waals surface area (Å²) in [7, 11) is -3.56. The van der Waals surface area contributed by atoms with Gasteiger partial charge in [-0.2, -0.15) is 0 Å². The number of nitrogens with one attached hydrogen (secondary N) is 1. The molecule has 1 aliphatic rings. The monoisotopic (exact) mass is 331 g/mol. The fraction of sp³-hybridized carbons (Fsp3) is 0.571. The van der Waals surface area contributed by atoms with E-state index in [4.69, 9.17) is 17.3 Å². The highest BCUT2D eigenvalue weighted by atomic mass is 35.5. The Hall–Kier alpha value is -0.820. The number of rotatable bonds is 6. The highest BCUT2D eigenvalue weighted by Gasteiger charge is 2.19. The molecule has 118 valence electrons. The van der Waals surface area contributed by atoms with Crippen molar-refractivity contribution in [2.24, 2.45) is 0 Å². The number of hydrogen-bond acceptors (Lipinski definition) is 4. The van der Waals surface area contributed by atoms with Crippen LogP contribution in [0.4, 0.5) is 5.69 Å². The van der Waals surface area contributed by atoms with Crippen LogP contribution in [0.5, 0.6) is 0 Å². The smallest absolute Gasteiger partial charge is 0.240 e. The van der Waals surface area contributed by atoms with Gasteiger partial charge in [-0.3, -0.25) is 0 Å². The van der Waals surface area contributed by atoms with Crippen molar-refractivity contribution in [1.82, 2.24) is 9.62 Å².